The van der Waals surface area contributed by atoms with Gasteiger partial charge in [0.1, 0.15) is 0 Å². The third kappa shape index (κ3) is 4.20. The fraction of sp³-hybridized carbons (Fsp3) is 0.353. The zero-order chi connectivity index (χ0) is 15.2. The number of nitrogens with one attached hydrogen (secondary N) is 2. The van der Waals surface area contributed by atoms with Crippen LogP contribution in [0, 0.1) is 6.92 Å². The molecule has 0 aliphatic rings. The molecule has 21 heavy (non-hydrogen) atoms. The van der Waals surface area contributed by atoms with Gasteiger partial charge in [-0.25, -0.2) is 0 Å². The van der Waals surface area contributed by atoms with Crippen LogP contribution in [0.5, 0.6) is 0 Å². The van der Waals surface area contributed by atoms with E-state index in [1.54, 1.807) is 6.20 Å². The molecule has 1 heterocycles. The molecule has 2 aromatic rings. The Morgan fingerprint density at radius 1 is 1.24 bits per heavy atom. The molecule has 4 heteroatoms. The molecule has 1 aromatic heterocycles. The van der Waals surface area contributed by atoms with Crippen molar-refractivity contribution in [3.8, 4) is 0 Å². The molecule has 0 aliphatic carbocycles. The van der Waals surface area contributed by atoms with E-state index in [1.165, 1.54) is 0 Å². The lowest BCUT2D eigenvalue weighted by atomic mass is 10.0. The van der Waals surface area contributed by atoms with Gasteiger partial charge >= 0.3 is 0 Å². The summed E-state index contributed by atoms with van der Waals surface area (Å²) in [6, 6.07) is 12.0. The van der Waals surface area contributed by atoms with Crippen LogP contribution in [-0.2, 0) is 0 Å². The molecule has 1 atom stereocenters. The zero-order valence-electron chi connectivity index (χ0n) is 12.9. The highest BCUT2D eigenvalue weighted by molar-refractivity contribution is 5.95. The van der Waals surface area contributed by atoms with Gasteiger partial charge in [-0.05, 0) is 45.6 Å². The minimum atomic E-state index is -0.0265. The summed E-state index contributed by atoms with van der Waals surface area (Å²) in [7, 11) is 4.08. The van der Waals surface area contributed by atoms with Gasteiger partial charge in [-0.15, -0.1) is 0 Å². The van der Waals surface area contributed by atoms with Gasteiger partial charge in [0, 0.05) is 11.9 Å². The van der Waals surface area contributed by atoms with E-state index in [9.17, 15) is 4.79 Å². The SMILES string of the molecule is Cc1[nH]ccc1C(=O)NC(CCN(C)C)c1ccccc1. The van der Waals surface area contributed by atoms with Crippen LogP contribution in [0.3, 0.4) is 0 Å². The molecular formula is C17H23N3O. The summed E-state index contributed by atoms with van der Waals surface area (Å²) in [5, 5.41) is 3.15. The summed E-state index contributed by atoms with van der Waals surface area (Å²) in [5.41, 5.74) is 2.74. The minimum absolute atomic E-state index is 0.0235. The molecule has 2 rings (SSSR count). The summed E-state index contributed by atoms with van der Waals surface area (Å²) in [5.74, 6) is -0.0265. The molecule has 0 fully saturated rings. The Morgan fingerprint density at radius 3 is 2.52 bits per heavy atom. The maximum atomic E-state index is 12.4. The number of aromatic nitrogens is 1. The molecule has 1 unspecified atom stereocenters. The van der Waals surface area contributed by atoms with E-state index >= 15 is 0 Å². The Bertz CT molecular complexity index is 575. The average molecular weight is 285 g/mol. The van der Waals surface area contributed by atoms with Gasteiger partial charge in [0.15, 0.2) is 0 Å². The van der Waals surface area contributed by atoms with Crippen molar-refractivity contribution in [1.82, 2.24) is 15.2 Å². The number of amides is 1. The predicted molar refractivity (Wildman–Crippen MR) is 85.3 cm³/mol. The van der Waals surface area contributed by atoms with Crippen molar-refractivity contribution in [2.45, 2.75) is 19.4 Å². The second-order valence-electron chi connectivity index (χ2n) is 5.55. The molecule has 112 valence electrons. The molecular weight excluding hydrogens is 262 g/mol. The van der Waals surface area contributed by atoms with Crippen molar-refractivity contribution in [2.75, 3.05) is 20.6 Å². The van der Waals surface area contributed by atoms with Crippen molar-refractivity contribution in [2.24, 2.45) is 0 Å². The van der Waals surface area contributed by atoms with Crippen LogP contribution >= 0.6 is 0 Å². The van der Waals surface area contributed by atoms with Crippen LogP contribution in [0.25, 0.3) is 0 Å². The van der Waals surface area contributed by atoms with E-state index in [-0.39, 0.29) is 11.9 Å². The van der Waals surface area contributed by atoms with Gasteiger partial charge in [0.2, 0.25) is 0 Å². The Balaban J connectivity index is 2.12. The van der Waals surface area contributed by atoms with Crippen LogP contribution in [0.1, 0.15) is 34.1 Å². The lowest BCUT2D eigenvalue weighted by molar-refractivity contribution is 0.0932. The number of carbonyl (C=O) groups is 1. The second kappa shape index (κ2) is 7.09. The van der Waals surface area contributed by atoms with Crippen molar-refractivity contribution in [3.05, 3.63) is 59.4 Å². The molecule has 0 saturated heterocycles. The predicted octanol–water partition coefficient (Wildman–Crippen LogP) is 2.75. The summed E-state index contributed by atoms with van der Waals surface area (Å²) in [4.78, 5) is 17.6. The fourth-order valence-electron chi connectivity index (χ4n) is 2.33. The molecule has 0 radical (unpaired) electrons. The van der Waals surface area contributed by atoms with Crippen molar-refractivity contribution < 1.29 is 4.79 Å². The van der Waals surface area contributed by atoms with E-state index in [2.05, 4.69) is 27.3 Å². The lowest BCUT2D eigenvalue weighted by Crippen LogP contribution is -2.31. The summed E-state index contributed by atoms with van der Waals surface area (Å²) >= 11 is 0. The lowest BCUT2D eigenvalue weighted by Gasteiger charge is -2.21. The highest BCUT2D eigenvalue weighted by atomic mass is 16.1. The highest BCUT2D eigenvalue weighted by Crippen LogP contribution is 2.18. The van der Waals surface area contributed by atoms with E-state index in [4.69, 9.17) is 0 Å². The molecule has 2 N–H and O–H groups in total. The molecule has 0 bridgehead atoms. The van der Waals surface area contributed by atoms with Crippen LogP contribution < -0.4 is 5.32 Å². The van der Waals surface area contributed by atoms with Gasteiger partial charge in [-0.3, -0.25) is 4.79 Å². The molecule has 1 amide bonds. The summed E-state index contributed by atoms with van der Waals surface area (Å²) < 4.78 is 0. The van der Waals surface area contributed by atoms with Gasteiger partial charge < -0.3 is 15.2 Å². The molecule has 0 aliphatic heterocycles. The maximum absolute atomic E-state index is 12.4. The largest absolute Gasteiger partial charge is 0.365 e. The minimum Gasteiger partial charge on any atom is -0.365 e. The molecule has 1 aromatic carbocycles. The Hall–Kier alpha value is -2.07. The van der Waals surface area contributed by atoms with Gasteiger partial charge in [-0.2, -0.15) is 0 Å². The first-order valence-electron chi connectivity index (χ1n) is 7.22. The average Bonchev–Trinajstić information content (AvgIpc) is 2.90. The maximum Gasteiger partial charge on any atom is 0.253 e. The monoisotopic (exact) mass is 285 g/mol. The number of aryl methyl sites for hydroxylation is 1. The topological polar surface area (TPSA) is 48.1 Å². The number of nitrogens with zero attached hydrogens (tertiary/aromatic N) is 1. The highest BCUT2D eigenvalue weighted by Gasteiger charge is 2.17. The molecule has 0 saturated carbocycles. The van der Waals surface area contributed by atoms with Gasteiger partial charge in [0.05, 0.1) is 11.6 Å². The Morgan fingerprint density at radius 2 is 1.95 bits per heavy atom. The van der Waals surface area contributed by atoms with Gasteiger partial charge in [0.25, 0.3) is 5.91 Å². The van der Waals surface area contributed by atoms with Crippen LogP contribution in [0.15, 0.2) is 42.6 Å². The Kier molecular flexibility index (Phi) is 5.17. The van der Waals surface area contributed by atoms with Crippen LogP contribution in [0.4, 0.5) is 0 Å². The number of hydrogen-bond acceptors (Lipinski definition) is 2. The number of H-pyrrole nitrogens is 1. The van der Waals surface area contributed by atoms with Crippen molar-refractivity contribution >= 4 is 5.91 Å². The van der Waals surface area contributed by atoms with Crippen molar-refractivity contribution in [3.63, 3.8) is 0 Å². The molecule has 4 nitrogen and oxygen atoms in total. The van der Waals surface area contributed by atoms with Crippen molar-refractivity contribution in [1.29, 1.82) is 0 Å². The van der Waals surface area contributed by atoms with Gasteiger partial charge in [-0.1, -0.05) is 30.3 Å². The zero-order valence-corrected chi connectivity index (χ0v) is 12.9. The number of rotatable bonds is 6. The van der Waals surface area contributed by atoms with E-state index < -0.39 is 0 Å². The van der Waals surface area contributed by atoms with Crippen LogP contribution in [0.2, 0.25) is 0 Å². The number of hydrogen-bond donors (Lipinski definition) is 2. The first kappa shape index (κ1) is 15.3. The first-order valence-corrected chi connectivity index (χ1v) is 7.22. The summed E-state index contributed by atoms with van der Waals surface area (Å²) in [6.45, 7) is 2.83. The molecule has 0 spiro atoms. The second-order valence-corrected chi connectivity index (χ2v) is 5.55. The van der Waals surface area contributed by atoms with E-state index in [0.717, 1.165) is 24.2 Å². The smallest absolute Gasteiger partial charge is 0.253 e. The number of carbonyl (C=O) groups excluding carboxylic acids is 1. The normalized spacial score (nSPS) is 12.4. The third-order valence-corrected chi connectivity index (χ3v) is 3.57. The fourth-order valence-corrected chi connectivity index (χ4v) is 2.33. The summed E-state index contributed by atoms with van der Waals surface area (Å²) in [6.07, 6.45) is 2.67. The Labute approximate surface area is 126 Å². The van der Waals surface area contributed by atoms with E-state index in [1.807, 2.05) is 45.3 Å². The number of benzene rings is 1. The standard InChI is InChI=1S/C17H23N3O/c1-13-15(9-11-18-13)17(21)19-16(10-12-20(2)3)14-7-5-4-6-8-14/h4-9,11,16,18H,10,12H2,1-3H3,(H,19,21). The van der Waals surface area contributed by atoms with E-state index in [0.29, 0.717) is 5.56 Å². The number of aromatic amines is 1. The first-order chi connectivity index (χ1) is 10.1. The van der Waals surface area contributed by atoms with Crippen LogP contribution in [-0.4, -0.2) is 36.4 Å². The third-order valence-electron chi connectivity index (χ3n) is 3.57. The quantitative estimate of drug-likeness (QED) is 0.857.